The summed E-state index contributed by atoms with van der Waals surface area (Å²) in [6, 6.07) is 6.16. The molecule has 0 aromatic heterocycles. The van der Waals surface area contributed by atoms with Crippen LogP contribution in [0.5, 0.6) is 0 Å². The molecule has 0 N–H and O–H groups in total. The van der Waals surface area contributed by atoms with Gasteiger partial charge in [-0.1, -0.05) is 23.7 Å². The lowest BCUT2D eigenvalue weighted by molar-refractivity contribution is -0.126. The molecule has 1 aliphatic rings. The number of hydrogen-bond acceptors (Lipinski definition) is 2. The first-order valence-electron chi connectivity index (χ1n) is 5.84. The quantitative estimate of drug-likeness (QED) is 0.843. The van der Waals surface area contributed by atoms with Crippen LogP contribution in [0.3, 0.4) is 0 Å². The summed E-state index contributed by atoms with van der Waals surface area (Å²) in [5, 5.41) is 0.623. The van der Waals surface area contributed by atoms with Crippen LogP contribution in [0.4, 0.5) is 8.78 Å². The fraction of sp³-hybridized carbons (Fsp3) is 0.462. The first kappa shape index (κ1) is 13.4. The highest BCUT2D eigenvalue weighted by atomic mass is 35.5. The van der Waals surface area contributed by atoms with Gasteiger partial charge in [0.25, 0.3) is 6.43 Å². The highest BCUT2D eigenvalue weighted by Gasteiger charge is 2.33. The van der Waals surface area contributed by atoms with Crippen LogP contribution in [0, 0.1) is 0 Å². The Balaban J connectivity index is 2.06. The van der Waals surface area contributed by atoms with Crippen molar-refractivity contribution in [2.45, 2.75) is 31.9 Å². The van der Waals surface area contributed by atoms with E-state index in [4.69, 9.17) is 11.6 Å². The van der Waals surface area contributed by atoms with Gasteiger partial charge in [0.1, 0.15) is 5.78 Å². The first-order valence-corrected chi connectivity index (χ1v) is 6.22. The standard InChI is InChI=1S/C13H14ClF2NO/c14-10-3-1-9(2-4-10)8-17-6-5-11(18)7-12(17)13(15)16/h1-4,12-13H,5-8H2. The van der Waals surface area contributed by atoms with Crippen molar-refractivity contribution in [3.63, 3.8) is 0 Å². The van der Waals surface area contributed by atoms with Crippen molar-refractivity contribution in [2.24, 2.45) is 0 Å². The molecule has 1 aliphatic heterocycles. The molecular formula is C13H14ClF2NO. The second-order valence-corrected chi connectivity index (χ2v) is 4.93. The van der Waals surface area contributed by atoms with Gasteiger partial charge in [-0.3, -0.25) is 9.69 Å². The molecule has 0 bridgehead atoms. The molecule has 0 aliphatic carbocycles. The van der Waals surface area contributed by atoms with Crippen LogP contribution in [0.15, 0.2) is 24.3 Å². The number of benzene rings is 1. The lowest BCUT2D eigenvalue weighted by Gasteiger charge is -2.34. The fourth-order valence-corrected chi connectivity index (χ4v) is 2.29. The van der Waals surface area contributed by atoms with E-state index in [0.717, 1.165) is 5.56 Å². The summed E-state index contributed by atoms with van der Waals surface area (Å²) in [5.74, 6) is -0.0762. The van der Waals surface area contributed by atoms with E-state index in [2.05, 4.69) is 0 Å². The lowest BCUT2D eigenvalue weighted by atomic mass is 10.0. The number of carbonyl (C=O) groups excluding carboxylic acids is 1. The Morgan fingerprint density at radius 1 is 1.33 bits per heavy atom. The summed E-state index contributed by atoms with van der Waals surface area (Å²) in [4.78, 5) is 12.9. The number of carbonyl (C=O) groups is 1. The van der Waals surface area contributed by atoms with Crippen LogP contribution < -0.4 is 0 Å². The number of halogens is 3. The SMILES string of the molecule is O=C1CCN(Cc2ccc(Cl)cc2)C(C(F)F)C1. The van der Waals surface area contributed by atoms with Gasteiger partial charge in [0.2, 0.25) is 0 Å². The molecule has 2 rings (SSSR count). The van der Waals surface area contributed by atoms with E-state index in [9.17, 15) is 13.6 Å². The van der Waals surface area contributed by atoms with Crippen LogP contribution in [0.1, 0.15) is 18.4 Å². The number of ketones is 1. The van der Waals surface area contributed by atoms with Crippen LogP contribution >= 0.6 is 11.6 Å². The van der Waals surface area contributed by atoms with Gasteiger partial charge >= 0.3 is 0 Å². The van der Waals surface area contributed by atoms with E-state index in [1.165, 1.54) is 0 Å². The maximum Gasteiger partial charge on any atom is 0.254 e. The third kappa shape index (κ3) is 3.27. The van der Waals surface area contributed by atoms with Gasteiger partial charge in [0, 0.05) is 31.0 Å². The zero-order valence-electron chi connectivity index (χ0n) is 9.78. The monoisotopic (exact) mass is 273 g/mol. The molecular weight excluding hydrogens is 260 g/mol. The molecule has 1 fully saturated rings. The minimum atomic E-state index is -2.48. The zero-order valence-corrected chi connectivity index (χ0v) is 10.5. The number of Topliss-reactive ketones (excluding diaryl/α,β-unsaturated/α-hetero) is 1. The second-order valence-electron chi connectivity index (χ2n) is 4.49. The third-order valence-corrected chi connectivity index (χ3v) is 3.43. The smallest absolute Gasteiger partial charge is 0.254 e. The molecule has 0 radical (unpaired) electrons. The number of hydrogen-bond donors (Lipinski definition) is 0. The second kappa shape index (κ2) is 5.76. The Kier molecular flexibility index (Phi) is 4.30. The summed E-state index contributed by atoms with van der Waals surface area (Å²) in [6.07, 6.45) is -2.18. The maximum absolute atomic E-state index is 12.9. The Labute approximate surface area is 110 Å². The van der Waals surface area contributed by atoms with E-state index >= 15 is 0 Å². The highest BCUT2D eigenvalue weighted by Crippen LogP contribution is 2.23. The van der Waals surface area contributed by atoms with Crippen LogP contribution in [-0.2, 0) is 11.3 Å². The van der Waals surface area contributed by atoms with Crippen molar-refractivity contribution in [2.75, 3.05) is 6.54 Å². The van der Waals surface area contributed by atoms with Gasteiger partial charge < -0.3 is 0 Å². The number of rotatable bonds is 3. The van der Waals surface area contributed by atoms with Gasteiger partial charge in [0.15, 0.2) is 0 Å². The van der Waals surface area contributed by atoms with Crippen molar-refractivity contribution >= 4 is 17.4 Å². The van der Waals surface area contributed by atoms with E-state index in [1.807, 2.05) is 12.1 Å². The summed E-state index contributed by atoms with van der Waals surface area (Å²) in [5.41, 5.74) is 0.930. The Bertz CT molecular complexity index is 422. The molecule has 2 nitrogen and oxygen atoms in total. The van der Waals surface area contributed by atoms with E-state index in [1.54, 1.807) is 17.0 Å². The average Bonchev–Trinajstić information content (AvgIpc) is 2.34. The topological polar surface area (TPSA) is 20.3 Å². The number of piperidine rings is 1. The van der Waals surface area contributed by atoms with Gasteiger partial charge in [-0.2, -0.15) is 0 Å². The minimum absolute atomic E-state index is 0.0503. The zero-order chi connectivity index (χ0) is 13.1. The third-order valence-electron chi connectivity index (χ3n) is 3.17. The minimum Gasteiger partial charge on any atom is -0.300 e. The van der Waals surface area contributed by atoms with Crippen molar-refractivity contribution < 1.29 is 13.6 Å². The summed E-state index contributed by atoms with van der Waals surface area (Å²) in [7, 11) is 0. The summed E-state index contributed by atoms with van der Waals surface area (Å²) >= 11 is 5.77. The normalized spacial score (nSPS) is 21.6. The van der Waals surface area contributed by atoms with Crippen LogP contribution in [0.2, 0.25) is 5.02 Å². The van der Waals surface area contributed by atoms with Gasteiger partial charge in [-0.25, -0.2) is 8.78 Å². The molecule has 0 amide bonds. The molecule has 18 heavy (non-hydrogen) atoms. The van der Waals surface area contributed by atoms with E-state index < -0.39 is 12.5 Å². The number of nitrogens with zero attached hydrogens (tertiary/aromatic N) is 1. The van der Waals surface area contributed by atoms with E-state index in [0.29, 0.717) is 24.5 Å². The van der Waals surface area contributed by atoms with Gasteiger partial charge in [-0.15, -0.1) is 0 Å². The predicted molar refractivity (Wildman–Crippen MR) is 65.9 cm³/mol. The highest BCUT2D eigenvalue weighted by molar-refractivity contribution is 6.30. The molecule has 1 aromatic rings. The van der Waals surface area contributed by atoms with Crippen LogP contribution in [-0.4, -0.2) is 29.7 Å². The number of alkyl halides is 2. The van der Waals surface area contributed by atoms with Crippen LogP contribution in [0.25, 0.3) is 0 Å². The summed E-state index contributed by atoms with van der Waals surface area (Å²) in [6.45, 7) is 0.829. The molecule has 1 atom stereocenters. The largest absolute Gasteiger partial charge is 0.300 e. The summed E-state index contributed by atoms with van der Waals surface area (Å²) < 4.78 is 25.8. The lowest BCUT2D eigenvalue weighted by Crippen LogP contribution is -2.46. The molecule has 98 valence electrons. The first-order chi connectivity index (χ1) is 8.56. The average molecular weight is 274 g/mol. The molecule has 0 spiro atoms. The van der Waals surface area contributed by atoms with Gasteiger partial charge in [-0.05, 0) is 17.7 Å². The molecule has 1 saturated heterocycles. The predicted octanol–water partition coefficient (Wildman–Crippen LogP) is 3.14. The van der Waals surface area contributed by atoms with Crippen molar-refractivity contribution in [3.8, 4) is 0 Å². The van der Waals surface area contributed by atoms with Crippen molar-refractivity contribution in [1.82, 2.24) is 4.90 Å². The van der Waals surface area contributed by atoms with Gasteiger partial charge in [0.05, 0.1) is 6.04 Å². The molecule has 1 unspecified atom stereocenters. The molecule has 1 aromatic carbocycles. The Morgan fingerprint density at radius 2 is 2.00 bits per heavy atom. The van der Waals surface area contributed by atoms with E-state index in [-0.39, 0.29) is 12.2 Å². The number of likely N-dealkylation sites (tertiary alicyclic amines) is 1. The molecule has 1 heterocycles. The van der Waals surface area contributed by atoms with Crippen molar-refractivity contribution in [1.29, 1.82) is 0 Å². The Hall–Kier alpha value is -1.00. The maximum atomic E-state index is 12.9. The Morgan fingerprint density at radius 3 is 2.61 bits per heavy atom. The van der Waals surface area contributed by atoms with Crippen molar-refractivity contribution in [3.05, 3.63) is 34.9 Å². The molecule has 0 saturated carbocycles. The fourth-order valence-electron chi connectivity index (χ4n) is 2.17. The molecule has 5 heteroatoms.